The molecule has 114 valence electrons. The predicted molar refractivity (Wildman–Crippen MR) is 87.7 cm³/mol. The second kappa shape index (κ2) is 19.3. The number of unbranched alkanes of at least 4 members (excludes halogenated alkanes) is 1. The Morgan fingerprint density at radius 1 is 1.25 bits per heavy atom. The van der Waals surface area contributed by atoms with Gasteiger partial charge in [0.05, 0.1) is 6.26 Å². The molecule has 1 N–H and O–H groups in total. The van der Waals surface area contributed by atoms with Gasteiger partial charge in [0.1, 0.15) is 6.61 Å². The van der Waals surface area contributed by atoms with Gasteiger partial charge in [-0.15, -0.1) is 0 Å². The number of rotatable bonds is 8. The number of allylic oxidation sites excluding steroid dienone is 2. The van der Waals surface area contributed by atoms with Gasteiger partial charge in [-0.2, -0.15) is 0 Å². The first-order chi connectivity index (χ1) is 9.37. The lowest BCUT2D eigenvalue weighted by Crippen LogP contribution is -1.97. The molecule has 3 heteroatoms. The third kappa shape index (κ3) is 29.7. The van der Waals surface area contributed by atoms with Crippen molar-refractivity contribution in [1.82, 2.24) is 0 Å². The van der Waals surface area contributed by atoms with Crippen molar-refractivity contribution in [3.8, 4) is 0 Å². The summed E-state index contributed by atoms with van der Waals surface area (Å²) in [4.78, 5) is 10.1. The molecule has 0 heterocycles. The molecule has 0 rings (SSSR count). The Hall–Kier alpha value is -2.03. The lowest BCUT2D eigenvalue weighted by atomic mass is 10.1. The second-order valence-corrected chi connectivity index (χ2v) is 3.85. The van der Waals surface area contributed by atoms with Crippen molar-refractivity contribution in [3.63, 3.8) is 0 Å². The molecule has 20 heavy (non-hydrogen) atoms. The van der Waals surface area contributed by atoms with Crippen molar-refractivity contribution < 1.29 is 14.6 Å². The smallest absolute Gasteiger partial charge is 0.330 e. The maximum absolute atomic E-state index is 10.1. The highest BCUT2D eigenvalue weighted by molar-refractivity contribution is 5.85. The van der Waals surface area contributed by atoms with E-state index in [1.165, 1.54) is 6.26 Å². The van der Waals surface area contributed by atoms with E-state index in [0.717, 1.165) is 18.4 Å². The van der Waals surface area contributed by atoms with Crippen LogP contribution in [-0.4, -0.2) is 17.7 Å². The highest BCUT2D eigenvalue weighted by Crippen LogP contribution is 2.03. The monoisotopic (exact) mass is 280 g/mol. The number of ether oxygens (including phenoxy) is 1. The van der Waals surface area contributed by atoms with E-state index in [1.54, 1.807) is 12.2 Å². The lowest BCUT2D eigenvalue weighted by molar-refractivity contribution is -0.132. The molecule has 0 spiro atoms. The fourth-order valence-electron chi connectivity index (χ4n) is 0.633. The van der Waals surface area contributed by atoms with Crippen LogP contribution in [0.4, 0.5) is 0 Å². The van der Waals surface area contributed by atoms with Crippen molar-refractivity contribution in [2.45, 2.75) is 33.1 Å². The van der Waals surface area contributed by atoms with E-state index in [-0.39, 0.29) is 0 Å². The van der Waals surface area contributed by atoms with Gasteiger partial charge in [0.2, 0.25) is 0 Å². The minimum atomic E-state index is -0.872. The Labute approximate surface area is 123 Å². The summed E-state index contributed by atoms with van der Waals surface area (Å²) in [6, 6.07) is 0. The SMILES string of the molecule is C=C(CCCC)C(=O)O.C=CC(=C)C.C=CCOC=C. The van der Waals surface area contributed by atoms with Gasteiger partial charge in [0.25, 0.3) is 0 Å². The second-order valence-electron chi connectivity index (χ2n) is 3.85. The largest absolute Gasteiger partial charge is 0.498 e. The van der Waals surface area contributed by atoms with E-state index in [9.17, 15) is 4.79 Å². The Morgan fingerprint density at radius 3 is 1.95 bits per heavy atom. The molecule has 0 aromatic rings. The van der Waals surface area contributed by atoms with Gasteiger partial charge in [-0.25, -0.2) is 4.79 Å². The van der Waals surface area contributed by atoms with Crippen molar-refractivity contribution in [2.24, 2.45) is 0 Å². The first kappa shape index (κ1) is 23.1. The summed E-state index contributed by atoms with van der Waals surface area (Å²) in [6.45, 7) is 21.7. The fourth-order valence-corrected chi connectivity index (χ4v) is 0.633. The summed E-state index contributed by atoms with van der Waals surface area (Å²) in [5.74, 6) is -0.872. The van der Waals surface area contributed by atoms with E-state index >= 15 is 0 Å². The zero-order valence-electron chi connectivity index (χ0n) is 12.9. The zero-order chi connectivity index (χ0) is 16.4. The van der Waals surface area contributed by atoms with E-state index in [0.29, 0.717) is 18.6 Å². The Kier molecular flexibility index (Phi) is 22.3. The third-order valence-corrected chi connectivity index (χ3v) is 1.81. The predicted octanol–water partition coefficient (Wildman–Crippen LogP) is 4.90. The molecule has 0 amide bonds. The number of carbonyl (C=O) groups is 1. The molecule has 0 aliphatic heterocycles. The molecule has 0 saturated carbocycles. The van der Waals surface area contributed by atoms with E-state index in [1.807, 2.05) is 13.8 Å². The van der Waals surface area contributed by atoms with Crippen molar-refractivity contribution in [1.29, 1.82) is 0 Å². The molecule has 0 atom stereocenters. The topological polar surface area (TPSA) is 46.5 Å². The maximum Gasteiger partial charge on any atom is 0.330 e. The van der Waals surface area contributed by atoms with Crippen LogP contribution >= 0.6 is 0 Å². The highest BCUT2D eigenvalue weighted by atomic mass is 16.5. The van der Waals surface area contributed by atoms with Crippen LogP contribution in [0.2, 0.25) is 0 Å². The molecule has 0 aliphatic carbocycles. The normalized spacial score (nSPS) is 7.70. The van der Waals surface area contributed by atoms with Crippen LogP contribution in [0.25, 0.3) is 0 Å². The molecule has 3 nitrogen and oxygen atoms in total. The highest BCUT2D eigenvalue weighted by Gasteiger charge is 2.00. The molecule has 0 fully saturated rings. The minimum Gasteiger partial charge on any atom is -0.498 e. The van der Waals surface area contributed by atoms with Crippen LogP contribution in [0.15, 0.2) is 62.5 Å². The average Bonchev–Trinajstić information content (AvgIpc) is 2.43. The summed E-state index contributed by atoms with van der Waals surface area (Å²) in [5.41, 5.74) is 1.34. The molecule has 0 radical (unpaired) electrons. The van der Waals surface area contributed by atoms with E-state index in [2.05, 4.69) is 37.6 Å². The summed E-state index contributed by atoms with van der Waals surface area (Å²) >= 11 is 0. The molecule has 0 bridgehead atoms. The summed E-state index contributed by atoms with van der Waals surface area (Å²) < 4.78 is 4.63. The molecule has 0 saturated heterocycles. The average molecular weight is 280 g/mol. The van der Waals surface area contributed by atoms with Gasteiger partial charge in [0.15, 0.2) is 0 Å². The first-order valence-corrected chi connectivity index (χ1v) is 6.39. The van der Waals surface area contributed by atoms with E-state index in [4.69, 9.17) is 5.11 Å². The van der Waals surface area contributed by atoms with Gasteiger partial charge >= 0.3 is 5.97 Å². The number of carboxylic acid groups (broad SMARTS) is 1. The van der Waals surface area contributed by atoms with Crippen molar-refractivity contribution in [3.05, 3.63) is 62.5 Å². The number of aliphatic carboxylic acids is 1. The first-order valence-electron chi connectivity index (χ1n) is 6.39. The van der Waals surface area contributed by atoms with Crippen LogP contribution < -0.4 is 0 Å². The lowest BCUT2D eigenvalue weighted by Gasteiger charge is -1.95. The zero-order valence-corrected chi connectivity index (χ0v) is 12.9. The third-order valence-electron chi connectivity index (χ3n) is 1.81. The molecule has 0 unspecified atom stereocenters. The Bertz CT molecular complexity index is 306. The number of carboxylic acids is 1. The number of hydrogen-bond donors (Lipinski definition) is 1. The maximum atomic E-state index is 10.1. The quantitative estimate of drug-likeness (QED) is 0.226. The summed E-state index contributed by atoms with van der Waals surface area (Å²) in [5, 5.41) is 8.31. The van der Waals surface area contributed by atoms with Crippen molar-refractivity contribution >= 4 is 5.97 Å². The van der Waals surface area contributed by atoms with Gasteiger partial charge in [-0.1, -0.05) is 64.0 Å². The van der Waals surface area contributed by atoms with Crippen LogP contribution in [0.3, 0.4) is 0 Å². The molecule has 0 aromatic carbocycles. The van der Waals surface area contributed by atoms with Crippen LogP contribution in [0.1, 0.15) is 33.1 Å². The van der Waals surface area contributed by atoms with Crippen molar-refractivity contribution in [2.75, 3.05) is 6.61 Å². The fraction of sp³-hybridized carbons (Fsp3) is 0.353. The molecule has 0 aliphatic rings. The van der Waals surface area contributed by atoms with Gasteiger partial charge in [-0.05, 0) is 19.8 Å². The Balaban J connectivity index is -0.000000230. The van der Waals surface area contributed by atoms with Gasteiger partial charge < -0.3 is 9.84 Å². The minimum absolute atomic E-state index is 0.317. The number of hydrogen-bond acceptors (Lipinski definition) is 2. The van der Waals surface area contributed by atoms with Crippen LogP contribution in [0.5, 0.6) is 0 Å². The van der Waals surface area contributed by atoms with E-state index < -0.39 is 5.97 Å². The van der Waals surface area contributed by atoms with Gasteiger partial charge in [0, 0.05) is 5.57 Å². The molecular weight excluding hydrogens is 252 g/mol. The molecule has 0 aromatic heterocycles. The summed E-state index contributed by atoms with van der Waals surface area (Å²) in [7, 11) is 0. The van der Waals surface area contributed by atoms with Gasteiger partial charge in [-0.3, -0.25) is 0 Å². The van der Waals surface area contributed by atoms with Crippen LogP contribution in [0, 0.1) is 0 Å². The molecular formula is C17H28O3. The summed E-state index contributed by atoms with van der Waals surface area (Å²) in [6.07, 6.45) is 7.34. The Morgan fingerprint density at radius 2 is 1.75 bits per heavy atom. The standard InChI is InChI=1S/C7H12O2.C5H8O.C5H8/c1-3-4-5-6(2)7(8)9;1-3-5-6-4-2;1-4-5(2)3/h2-5H2,1H3,(H,8,9);3-4H,1-2,5H2;4H,1-2H2,3H3. The van der Waals surface area contributed by atoms with Crippen LogP contribution in [-0.2, 0) is 9.53 Å².